The lowest BCUT2D eigenvalue weighted by Crippen LogP contribution is -2.33. The van der Waals surface area contributed by atoms with Crippen molar-refractivity contribution in [3.05, 3.63) is 29.8 Å². The number of benzene rings is 1. The second-order valence-electron chi connectivity index (χ2n) is 3.96. The molecule has 0 unspecified atom stereocenters. The molecule has 2 nitrogen and oxygen atoms in total. The summed E-state index contributed by atoms with van der Waals surface area (Å²) in [6, 6.07) is 2.34. The molecular weight excluding hydrogens is 295 g/mol. The fourth-order valence-electron chi connectivity index (χ4n) is 1.35. The first-order chi connectivity index (χ1) is 9.01. The van der Waals surface area contributed by atoms with Crippen molar-refractivity contribution in [1.82, 2.24) is 0 Å². The van der Waals surface area contributed by atoms with Crippen molar-refractivity contribution in [2.24, 2.45) is 5.73 Å². The SMILES string of the molecule is N[C@H](CC(F)(F)F)c1ccc(OC(F)(F)C(F)F)cc1. The quantitative estimate of drug-likeness (QED) is 0.838. The Bertz CT molecular complexity index is 429. The van der Waals surface area contributed by atoms with Crippen molar-refractivity contribution in [3.8, 4) is 5.75 Å². The van der Waals surface area contributed by atoms with Crippen LogP contribution < -0.4 is 10.5 Å². The van der Waals surface area contributed by atoms with Gasteiger partial charge in [-0.2, -0.15) is 30.7 Å². The Hall–Kier alpha value is -1.51. The number of nitrogens with two attached hydrogens (primary N) is 1. The van der Waals surface area contributed by atoms with Crippen LogP contribution in [-0.4, -0.2) is 18.7 Å². The molecule has 0 spiro atoms. The van der Waals surface area contributed by atoms with E-state index in [-0.39, 0.29) is 5.56 Å². The van der Waals surface area contributed by atoms with Gasteiger partial charge in [0.15, 0.2) is 0 Å². The summed E-state index contributed by atoms with van der Waals surface area (Å²) in [5, 5.41) is 0. The van der Waals surface area contributed by atoms with E-state index < -0.39 is 36.9 Å². The Morgan fingerprint density at radius 2 is 1.50 bits per heavy atom. The van der Waals surface area contributed by atoms with Gasteiger partial charge >= 0.3 is 18.7 Å². The van der Waals surface area contributed by atoms with Crippen LogP contribution in [0, 0.1) is 0 Å². The van der Waals surface area contributed by atoms with Crippen molar-refractivity contribution in [1.29, 1.82) is 0 Å². The van der Waals surface area contributed by atoms with E-state index in [1.807, 2.05) is 0 Å². The Balaban J connectivity index is 2.74. The summed E-state index contributed by atoms with van der Waals surface area (Å²) in [5.41, 5.74) is 5.30. The molecule has 0 amide bonds. The predicted molar refractivity (Wildman–Crippen MR) is 55.6 cm³/mol. The van der Waals surface area contributed by atoms with Crippen LogP contribution in [0.1, 0.15) is 18.0 Å². The highest BCUT2D eigenvalue weighted by molar-refractivity contribution is 5.29. The summed E-state index contributed by atoms with van der Waals surface area (Å²) in [7, 11) is 0. The van der Waals surface area contributed by atoms with Crippen LogP contribution in [0.5, 0.6) is 5.75 Å². The molecular formula is C11H10F7NO. The molecule has 1 aromatic rings. The molecule has 0 aromatic heterocycles. The molecule has 2 N–H and O–H groups in total. The fourth-order valence-corrected chi connectivity index (χ4v) is 1.35. The van der Waals surface area contributed by atoms with Gasteiger partial charge in [-0.15, -0.1) is 0 Å². The second-order valence-corrected chi connectivity index (χ2v) is 3.96. The first-order valence-corrected chi connectivity index (χ1v) is 5.28. The van der Waals surface area contributed by atoms with Crippen LogP contribution in [0.2, 0.25) is 0 Å². The minimum atomic E-state index is -4.67. The van der Waals surface area contributed by atoms with Gasteiger partial charge in [0.25, 0.3) is 0 Å². The lowest BCUT2D eigenvalue weighted by molar-refractivity contribution is -0.253. The van der Waals surface area contributed by atoms with Crippen LogP contribution in [0.4, 0.5) is 30.7 Å². The van der Waals surface area contributed by atoms with Crippen LogP contribution in [-0.2, 0) is 0 Å². The van der Waals surface area contributed by atoms with Crippen molar-refractivity contribution in [2.45, 2.75) is 31.2 Å². The monoisotopic (exact) mass is 305 g/mol. The van der Waals surface area contributed by atoms with Crippen molar-refractivity contribution >= 4 is 0 Å². The third kappa shape index (κ3) is 4.87. The van der Waals surface area contributed by atoms with Crippen LogP contribution in [0.25, 0.3) is 0 Å². The number of hydrogen-bond acceptors (Lipinski definition) is 2. The summed E-state index contributed by atoms with van der Waals surface area (Å²) in [6.45, 7) is 0. The average Bonchev–Trinajstić information content (AvgIpc) is 2.26. The van der Waals surface area contributed by atoms with Gasteiger partial charge in [0, 0.05) is 6.04 Å². The molecule has 0 aliphatic carbocycles. The van der Waals surface area contributed by atoms with Crippen molar-refractivity contribution in [3.63, 3.8) is 0 Å². The molecule has 0 fully saturated rings. The standard InChI is InChI=1S/C11H10F7NO/c12-9(13)11(17,18)20-7-3-1-6(2-4-7)8(19)5-10(14,15)16/h1-4,8-9H,5,19H2/t8-/m1/s1. The first kappa shape index (κ1) is 16.5. The van der Waals surface area contributed by atoms with Crippen LogP contribution in [0.15, 0.2) is 24.3 Å². The zero-order valence-corrected chi connectivity index (χ0v) is 9.80. The summed E-state index contributed by atoms with van der Waals surface area (Å²) >= 11 is 0. The third-order valence-corrected chi connectivity index (χ3v) is 2.27. The topological polar surface area (TPSA) is 35.2 Å². The molecule has 0 bridgehead atoms. The minimum Gasteiger partial charge on any atom is -0.428 e. The van der Waals surface area contributed by atoms with Gasteiger partial charge in [0.1, 0.15) is 5.75 Å². The zero-order chi connectivity index (χ0) is 15.6. The molecule has 0 radical (unpaired) electrons. The second kappa shape index (κ2) is 5.86. The van der Waals surface area contributed by atoms with E-state index in [2.05, 4.69) is 4.74 Å². The van der Waals surface area contributed by atoms with Gasteiger partial charge in [-0.25, -0.2) is 0 Å². The van der Waals surface area contributed by atoms with E-state index in [1.165, 1.54) is 0 Å². The van der Waals surface area contributed by atoms with Gasteiger partial charge in [0.05, 0.1) is 6.42 Å². The maximum Gasteiger partial charge on any atom is 0.461 e. The maximum atomic E-state index is 12.6. The summed E-state index contributed by atoms with van der Waals surface area (Å²) in [4.78, 5) is 0. The van der Waals surface area contributed by atoms with E-state index in [4.69, 9.17) is 5.73 Å². The lowest BCUT2D eigenvalue weighted by atomic mass is 10.0. The molecule has 1 rings (SSSR count). The molecule has 0 heterocycles. The normalized spacial score (nSPS) is 14.4. The third-order valence-electron chi connectivity index (χ3n) is 2.27. The van der Waals surface area contributed by atoms with E-state index in [9.17, 15) is 30.7 Å². The number of ether oxygens (including phenoxy) is 1. The maximum absolute atomic E-state index is 12.6. The van der Waals surface area contributed by atoms with Gasteiger partial charge < -0.3 is 10.5 Å². The number of alkyl halides is 7. The Morgan fingerprint density at radius 1 is 1.00 bits per heavy atom. The minimum absolute atomic E-state index is 0.0232. The molecule has 1 atom stereocenters. The molecule has 9 heteroatoms. The van der Waals surface area contributed by atoms with E-state index in [1.54, 1.807) is 0 Å². The molecule has 20 heavy (non-hydrogen) atoms. The highest BCUT2D eigenvalue weighted by atomic mass is 19.4. The number of hydrogen-bond donors (Lipinski definition) is 1. The largest absolute Gasteiger partial charge is 0.461 e. The lowest BCUT2D eigenvalue weighted by Gasteiger charge is -2.18. The molecule has 114 valence electrons. The summed E-state index contributed by atoms with van der Waals surface area (Å²) < 4.78 is 88.9. The molecule has 0 saturated carbocycles. The molecule has 0 saturated heterocycles. The highest BCUT2D eigenvalue weighted by Gasteiger charge is 2.44. The van der Waals surface area contributed by atoms with Gasteiger partial charge in [0.2, 0.25) is 0 Å². The summed E-state index contributed by atoms with van der Waals surface area (Å²) in [6.07, 6.45) is -14.5. The smallest absolute Gasteiger partial charge is 0.428 e. The molecule has 0 aliphatic rings. The first-order valence-electron chi connectivity index (χ1n) is 5.28. The van der Waals surface area contributed by atoms with Crippen molar-refractivity contribution in [2.75, 3.05) is 0 Å². The molecule has 1 aromatic carbocycles. The zero-order valence-electron chi connectivity index (χ0n) is 9.80. The number of rotatable bonds is 5. The van der Waals surface area contributed by atoms with E-state index in [0.29, 0.717) is 0 Å². The van der Waals surface area contributed by atoms with E-state index in [0.717, 1.165) is 24.3 Å². The Labute approximate surface area is 109 Å². The van der Waals surface area contributed by atoms with Gasteiger partial charge in [-0.05, 0) is 17.7 Å². The number of halogens is 7. The van der Waals surface area contributed by atoms with Crippen LogP contribution >= 0.6 is 0 Å². The van der Waals surface area contributed by atoms with Crippen molar-refractivity contribution < 1.29 is 35.5 Å². The van der Waals surface area contributed by atoms with E-state index >= 15 is 0 Å². The fraction of sp³-hybridized carbons (Fsp3) is 0.455. The average molecular weight is 305 g/mol. The summed E-state index contributed by atoms with van der Waals surface area (Å²) in [5.74, 6) is -0.599. The van der Waals surface area contributed by atoms with Gasteiger partial charge in [-0.3, -0.25) is 0 Å². The Morgan fingerprint density at radius 3 is 1.90 bits per heavy atom. The predicted octanol–water partition coefficient (Wildman–Crippen LogP) is 3.88. The van der Waals surface area contributed by atoms with Gasteiger partial charge in [-0.1, -0.05) is 12.1 Å². The molecule has 0 aliphatic heterocycles. The van der Waals surface area contributed by atoms with Crippen LogP contribution in [0.3, 0.4) is 0 Å². The Kier molecular flexibility index (Phi) is 4.85. The highest BCUT2D eigenvalue weighted by Crippen LogP contribution is 2.30.